The van der Waals surface area contributed by atoms with E-state index in [4.69, 9.17) is 9.52 Å². The largest absolute Gasteiger partial charge is 0.478 e. The molecule has 0 radical (unpaired) electrons. The van der Waals surface area contributed by atoms with Crippen LogP contribution in [-0.4, -0.2) is 16.1 Å². The van der Waals surface area contributed by atoms with Gasteiger partial charge in [-0.1, -0.05) is 13.0 Å². The lowest BCUT2D eigenvalue weighted by molar-refractivity contribution is 0.0699. The molecule has 0 bridgehead atoms. The second kappa shape index (κ2) is 4.51. The van der Waals surface area contributed by atoms with E-state index in [0.29, 0.717) is 17.0 Å². The lowest BCUT2D eigenvalue weighted by Gasteiger charge is -1.94. The van der Waals surface area contributed by atoms with Crippen LogP contribution in [0.4, 0.5) is 0 Å². The fourth-order valence-electron chi connectivity index (χ4n) is 2.02. The summed E-state index contributed by atoms with van der Waals surface area (Å²) in [7, 11) is 0. The number of aryl methyl sites for hydroxylation is 1. The molecule has 4 nitrogen and oxygen atoms in total. The lowest BCUT2D eigenvalue weighted by Crippen LogP contribution is -1.96. The number of benzene rings is 1. The Bertz CT molecular complexity index is 757. The van der Waals surface area contributed by atoms with Gasteiger partial charge in [0.15, 0.2) is 5.58 Å². The van der Waals surface area contributed by atoms with Crippen LogP contribution >= 0.6 is 11.3 Å². The number of nitrogens with zero attached hydrogens (tertiary/aromatic N) is 1. The fraction of sp³-hybridized carbons (Fsp3) is 0.143. The Hall–Kier alpha value is -2.14. The normalized spacial score (nSPS) is 11.0. The van der Waals surface area contributed by atoms with Crippen molar-refractivity contribution in [1.82, 2.24) is 4.98 Å². The maximum atomic E-state index is 11.2. The molecule has 3 rings (SSSR count). The van der Waals surface area contributed by atoms with Crippen LogP contribution in [-0.2, 0) is 6.42 Å². The molecule has 19 heavy (non-hydrogen) atoms. The van der Waals surface area contributed by atoms with Crippen LogP contribution in [0, 0.1) is 0 Å². The van der Waals surface area contributed by atoms with E-state index >= 15 is 0 Å². The van der Waals surface area contributed by atoms with Crippen molar-refractivity contribution in [2.75, 3.05) is 0 Å². The number of aromatic carboxylic acids is 1. The molecule has 0 saturated heterocycles. The summed E-state index contributed by atoms with van der Waals surface area (Å²) in [4.78, 5) is 16.5. The number of oxazole rings is 1. The topological polar surface area (TPSA) is 63.3 Å². The Morgan fingerprint density at radius 2 is 2.26 bits per heavy atom. The Morgan fingerprint density at radius 1 is 1.42 bits per heavy atom. The minimum Gasteiger partial charge on any atom is -0.478 e. The summed E-state index contributed by atoms with van der Waals surface area (Å²) in [5.74, 6) is -0.497. The first-order chi connectivity index (χ1) is 9.20. The number of carbonyl (C=O) groups is 1. The third kappa shape index (κ3) is 1.92. The van der Waals surface area contributed by atoms with Gasteiger partial charge in [0, 0.05) is 0 Å². The third-order valence-electron chi connectivity index (χ3n) is 2.97. The van der Waals surface area contributed by atoms with Crippen molar-refractivity contribution in [3.63, 3.8) is 0 Å². The SMILES string of the molecule is CCc1ccsc1-c1nc2c(C(=O)O)cccc2o1. The minimum atomic E-state index is -0.993. The molecule has 1 aromatic carbocycles. The Kier molecular flexibility index (Phi) is 2.83. The second-order valence-corrected chi connectivity index (χ2v) is 5.02. The van der Waals surface area contributed by atoms with E-state index in [9.17, 15) is 4.79 Å². The molecule has 0 fully saturated rings. The van der Waals surface area contributed by atoms with E-state index in [1.54, 1.807) is 23.5 Å². The van der Waals surface area contributed by atoms with Gasteiger partial charge >= 0.3 is 5.97 Å². The summed E-state index contributed by atoms with van der Waals surface area (Å²) in [5.41, 5.74) is 2.24. The first-order valence-corrected chi connectivity index (χ1v) is 6.78. The number of para-hydroxylation sites is 1. The predicted molar refractivity (Wildman–Crippen MR) is 73.7 cm³/mol. The summed E-state index contributed by atoms with van der Waals surface area (Å²) in [5, 5.41) is 11.1. The van der Waals surface area contributed by atoms with Gasteiger partial charge in [0.2, 0.25) is 5.89 Å². The molecule has 0 aliphatic heterocycles. The number of aromatic nitrogens is 1. The molecule has 5 heteroatoms. The van der Waals surface area contributed by atoms with E-state index in [1.165, 1.54) is 6.07 Å². The Labute approximate surface area is 113 Å². The van der Waals surface area contributed by atoms with Crippen molar-refractivity contribution in [2.24, 2.45) is 0 Å². The summed E-state index contributed by atoms with van der Waals surface area (Å²) < 4.78 is 5.68. The first-order valence-electron chi connectivity index (χ1n) is 5.90. The molecule has 0 atom stereocenters. The monoisotopic (exact) mass is 273 g/mol. The summed E-state index contributed by atoms with van der Waals surface area (Å²) in [6.45, 7) is 2.07. The molecule has 96 valence electrons. The van der Waals surface area contributed by atoms with Gasteiger partial charge in [-0.15, -0.1) is 11.3 Å². The highest BCUT2D eigenvalue weighted by Crippen LogP contribution is 2.32. The first kappa shape index (κ1) is 11.9. The van der Waals surface area contributed by atoms with Crippen LogP contribution in [0.25, 0.3) is 21.9 Å². The van der Waals surface area contributed by atoms with Crippen LogP contribution in [0.1, 0.15) is 22.8 Å². The highest BCUT2D eigenvalue weighted by atomic mass is 32.1. The Morgan fingerprint density at radius 3 is 3.00 bits per heavy atom. The van der Waals surface area contributed by atoms with E-state index in [-0.39, 0.29) is 5.56 Å². The van der Waals surface area contributed by atoms with E-state index in [2.05, 4.69) is 11.9 Å². The summed E-state index contributed by atoms with van der Waals surface area (Å²) in [6.07, 6.45) is 0.892. The molecule has 0 saturated carbocycles. The molecule has 1 N–H and O–H groups in total. The van der Waals surface area contributed by atoms with Crippen molar-refractivity contribution in [1.29, 1.82) is 0 Å². The van der Waals surface area contributed by atoms with E-state index in [1.807, 2.05) is 11.4 Å². The predicted octanol–water partition coefficient (Wildman–Crippen LogP) is 3.82. The van der Waals surface area contributed by atoms with Crippen molar-refractivity contribution in [3.8, 4) is 10.8 Å². The van der Waals surface area contributed by atoms with Crippen molar-refractivity contribution in [3.05, 3.63) is 40.8 Å². The van der Waals surface area contributed by atoms with Crippen LogP contribution in [0.2, 0.25) is 0 Å². The Balaban J connectivity index is 2.22. The van der Waals surface area contributed by atoms with Gasteiger partial charge in [0.1, 0.15) is 5.52 Å². The van der Waals surface area contributed by atoms with Crippen molar-refractivity contribution in [2.45, 2.75) is 13.3 Å². The number of carboxylic acid groups (broad SMARTS) is 1. The molecule has 0 aliphatic rings. The molecule has 0 unspecified atom stereocenters. The average molecular weight is 273 g/mol. The van der Waals surface area contributed by atoms with Crippen LogP contribution < -0.4 is 0 Å². The zero-order chi connectivity index (χ0) is 13.4. The van der Waals surface area contributed by atoms with Gasteiger partial charge in [-0.05, 0) is 35.6 Å². The van der Waals surface area contributed by atoms with E-state index < -0.39 is 5.97 Å². The fourth-order valence-corrected chi connectivity index (χ4v) is 2.94. The molecule has 2 heterocycles. The third-order valence-corrected chi connectivity index (χ3v) is 3.92. The zero-order valence-corrected chi connectivity index (χ0v) is 11.0. The lowest BCUT2D eigenvalue weighted by atomic mass is 10.2. The van der Waals surface area contributed by atoms with Crippen LogP contribution in [0.5, 0.6) is 0 Å². The van der Waals surface area contributed by atoms with Crippen LogP contribution in [0.3, 0.4) is 0 Å². The number of hydrogen-bond acceptors (Lipinski definition) is 4. The summed E-state index contributed by atoms with van der Waals surface area (Å²) in [6, 6.07) is 6.96. The maximum Gasteiger partial charge on any atom is 0.338 e. The van der Waals surface area contributed by atoms with Gasteiger partial charge in [-0.2, -0.15) is 0 Å². The number of carboxylic acids is 1. The molecule has 0 amide bonds. The summed E-state index contributed by atoms with van der Waals surface area (Å²) >= 11 is 1.55. The molecule has 0 spiro atoms. The van der Waals surface area contributed by atoms with Crippen LogP contribution in [0.15, 0.2) is 34.1 Å². The second-order valence-electron chi connectivity index (χ2n) is 4.11. The molecule has 3 aromatic rings. The molecule has 0 aliphatic carbocycles. The van der Waals surface area contributed by atoms with Gasteiger partial charge in [0.25, 0.3) is 0 Å². The molecular weight excluding hydrogens is 262 g/mol. The number of thiophene rings is 1. The average Bonchev–Trinajstić information content (AvgIpc) is 3.03. The number of hydrogen-bond donors (Lipinski definition) is 1. The molecule has 2 aromatic heterocycles. The van der Waals surface area contributed by atoms with E-state index in [0.717, 1.165) is 16.9 Å². The number of fused-ring (bicyclic) bond motifs is 1. The van der Waals surface area contributed by atoms with Gasteiger partial charge in [-0.25, -0.2) is 9.78 Å². The van der Waals surface area contributed by atoms with Gasteiger partial charge in [-0.3, -0.25) is 0 Å². The molecular formula is C14H11NO3S. The van der Waals surface area contributed by atoms with Crippen molar-refractivity contribution < 1.29 is 14.3 Å². The number of rotatable bonds is 3. The zero-order valence-electron chi connectivity index (χ0n) is 10.2. The van der Waals surface area contributed by atoms with Gasteiger partial charge < -0.3 is 9.52 Å². The highest BCUT2D eigenvalue weighted by Gasteiger charge is 2.17. The maximum absolute atomic E-state index is 11.2. The highest BCUT2D eigenvalue weighted by molar-refractivity contribution is 7.13. The minimum absolute atomic E-state index is 0.169. The van der Waals surface area contributed by atoms with Crippen molar-refractivity contribution >= 4 is 28.4 Å². The quantitative estimate of drug-likeness (QED) is 0.788. The standard InChI is InChI=1S/C14H11NO3S/c1-2-8-6-7-19-12(8)13-15-11-9(14(16)17)4-3-5-10(11)18-13/h3-7H,2H2,1H3,(H,16,17). The smallest absolute Gasteiger partial charge is 0.338 e. The van der Waals surface area contributed by atoms with Gasteiger partial charge in [0.05, 0.1) is 10.4 Å².